The number of nitrogens with zero attached hydrogens (tertiary/aromatic N) is 4. The van der Waals surface area contributed by atoms with Crippen LogP contribution in [-0.4, -0.2) is 77.6 Å². The Kier molecular flexibility index (Phi) is 5.48. The van der Waals surface area contributed by atoms with E-state index in [1.807, 2.05) is 53.8 Å². The predicted molar refractivity (Wildman–Crippen MR) is 112 cm³/mol. The minimum atomic E-state index is -2.88. The Morgan fingerprint density at radius 1 is 1.10 bits per heavy atom. The van der Waals surface area contributed by atoms with Gasteiger partial charge in [0.2, 0.25) is 5.91 Å². The van der Waals surface area contributed by atoms with Crippen molar-refractivity contribution < 1.29 is 13.2 Å². The number of benzene rings is 1. The van der Waals surface area contributed by atoms with Crippen LogP contribution in [0.3, 0.4) is 0 Å². The summed E-state index contributed by atoms with van der Waals surface area (Å²) in [5.41, 5.74) is 3.86. The Bertz CT molecular complexity index is 992. The van der Waals surface area contributed by atoms with Gasteiger partial charge in [-0.2, -0.15) is 5.10 Å². The smallest absolute Gasteiger partial charge is 0.227 e. The molecule has 2 aliphatic heterocycles. The summed E-state index contributed by atoms with van der Waals surface area (Å²) >= 11 is 0. The van der Waals surface area contributed by atoms with E-state index in [0.29, 0.717) is 31.7 Å². The first-order valence-corrected chi connectivity index (χ1v) is 12.0. The van der Waals surface area contributed by atoms with Crippen LogP contribution in [0, 0.1) is 13.8 Å². The van der Waals surface area contributed by atoms with Crippen molar-refractivity contribution >= 4 is 15.7 Å². The zero-order valence-corrected chi connectivity index (χ0v) is 17.9. The molecule has 1 amide bonds. The Hall–Kier alpha value is -2.19. The number of para-hydroxylation sites is 1. The van der Waals surface area contributed by atoms with Gasteiger partial charge in [-0.15, -0.1) is 0 Å². The van der Waals surface area contributed by atoms with E-state index in [-0.39, 0.29) is 17.7 Å². The zero-order valence-electron chi connectivity index (χ0n) is 17.0. The lowest BCUT2D eigenvalue weighted by Gasteiger charge is -2.37. The number of aromatic nitrogens is 2. The molecule has 0 radical (unpaired) electrons. The van der Waals surface area contributed by atoms with Crippen molar-refractivity contribution in [1.82, 2.24) is 19.6 Å². The van der Waals surface area contributed by atoms with Crippen LogP contribution in [0.25, 0.3) is 5.69 Å². The summed E-state index contributed by atoms with van der Waals surface area (Å²) in [4.78, 5) is 17.1. The molecule has 2 aromatic rings. The van der Waals surface area contributed by atoms with Gasteiger partial charge in [-0.3, -0.25) is 9.69 Å². The van der Waals surface area contributed by atoms with E-state index in [4.69, 9.17) is 0 Å². The summed E-state index contributed by atoms with van der Waals surface area (Å²) in [6.07, 6.45) is 1.07. The van der Waals surface area contributed by atoms with Gasteiger partial charge in [-0.25, -0.2) is 13.1 Å². The van der Waals surface area contributed by atoms with Gasteiger partial charge in [-0.1, -0.05) is 18.2 Å². The van der Waals surface area contributed by atoms with E-state index in [1.54, 1.807) is 0 Å². The Labute approximate surface area is 172 Å². The van der Waals surface area contributed by atoms with Crippen LogP contribution in [0.4, 0.5) is 0 Å². The number of amides is 1. The van der Waals surface area contributed by atoms with Crippen LogP contribution < -0.4 is 0 Å². The van der Waals surface area contributed by atoms with Crippen molar-refractivity contribution in [2.75, 3.05) is 37.7 Å². The highest BCUT2D eigenvalue weighted by atomic mass is 32.2. The van der Waals surface area contributed by atoms with Gasteiger partial charge in [0.25, 0.3) is 0 Å². The number of aryl methyl sites for hydroxylation is 1. The van der Waals surface area contributed by atoms with Crippen LogP contribution in [-0.2, 0) is 21.1 Å². The summed E-state index contributed by atoms with van der Waals surface area (Å²) in [7, 11) is -2.88. The average Bonchev–Trinajstić information content (AvgIpc) is 3.22. The van der Waals surface area contributed by atoms with Gasteiger partial charge in [0.05, 0.1) is 29.3 Å². The Morgan fingerprint density at radius 2 is 1.79 bits per heavy atom. The highest BCUT2D eigenvalue weighted by Gasteiger charge is 2.34. The maximum Gasteiger partial charge on any atom is 0.227 e. The molecule has 0 spiro atoms. The second-order valence-electron chi connectivity index (χ2n) is 8.05. The number of hydrogen-bond donors (Lipinski definition) is 0. The van der Waals surface area contributed by atoms with Gasteiger partial charge >= 0.3 is 0 Å². The lowest BCUT2D eigenvalue weighted by molar-refractivity contribution is -0.132. The molecule has 0 unspecified atom stereocenters. The molecule has 0 bridgehead atoms. The largest absolute Gasteiger partial charge is 0.340 e. The minimum absolute atomic E-state index is 0.113. The molecule has 0 saturated carbocycles. The van der Waals surface area contributed by atoms with Crippen LogP contribution in [0.2, 0.25) is 0 Å². The van der Waals surface area contributed by atoms with E-state index in [1.165, 1.54) is 0 Å². The van der Waals surface area contributed by atoms with Gasteiger partial charge in [0, 0.05) is 43.5 Å². The van der Waals surface area contributed by atoms with Crippen molar-refractivity contribution in [2.45, 2.75) is 32.7 Å². The first kappa shape index (κ1) is 20.1. The number of sulfone groups is 1. The van der Waals surface area contributed by atoms with Crippen molar-refractivity contribution in [1.29, 1.82) is 0 Å². The molecule has 0 aliphatic carbocycles. The van der Waals surface area contributed by atoms with Crippen LogP contribution in [0.5, 0.6) is 0 Å². The summed E-state index contributed by atoms with van der Waals surface area (Å²) in [6.45, 7) is 6.75. The number of piperazine rings is 1. The molecule has 1 atom stereocenters. The molecule has 2 fully saturated rings. The van der Waals surface area contributed by atoms with E-state index in [2.05, 4.69) is 10.00 Å². The first-order valence-electron chi connectivity index (χ1n) is 10.2. The minimum Gasteiger partial charge on any atom is -0.340 e. The van der Waals surface area contributed by atoms with Gasteiger partial charge in [0.1, 0.15) is 0 Å². The quantitative estimate of drug-likeness (QED) is 0.752. The molecule has 2 aliphatic rings. The fourth-order valence-corrected chi connectivity index (χ4v) is 6.18. The van der Waals surface area contributed by atoms with Crippen molar-refractivity contribution in [3.63, 3.8) is 0 Å². The lowest BCUT2D eigenvalue weighted by Crippen LogP contribution is -2.52. The van der Waals surface area contributed by atoms with Crippen molar-refractivity contribution in [3.05, 3.63) is 47.3 Å². The standard InChI is InChI=1S/C21H28N4O3S/c1-16-20(17(2)25(22-16)18-6-4-3-5-7-18)14-21(26)24-11-9-23(10-12-24)19-8-13-29(27,28)15-19/h3-7,19H,8-15H2,1-2H3/t19-/m0/s1. The predicted octanol–water partition coefficient (Wildman–Crippen LogP) is 1.36. The Morgan fingerprint density at radius 3 is 2.41 bits per heavy atom. The summed E-state index contributed by atoms with van der Waals surface area (Å²) in [5, 5.41) is 4.64. The van der Waals surface area contributed by atoms with E-state index in [0.717, 1.165) is 35.7 Å². The summed E-state index contributed by atoms with van der Waals surface area (Å²) in [5.74, 6) is 0.668. The zero-order chi connectivity index (χ0) is 20.6. The third-order valence-electron chi connectivity index (χ3n) is 6.16. The molecule has 1 aromatic heterocycles. The van der Waals surface area contributed by atoms with Crippen LogP contribution in [0.1, 0.15) is 23.4 Å². The lowest BCUT2D eigenvalue weighted by atomic mass is 10.1. The van der Waals surface area contributed by atoms with Crippen molar-refractivity contribution in [2.24, 2.45) is 0 Å². The SMILES string of the molecule is Cc1nn(-c2ccccc2)c(C)c1CC(=O)N1CCN([C@H]2CCS(=O)(=O)C2)CC1. The van der Waals surface area contributed by atoms with E-state index in [9.17, 15) is 13.2 Å². The van der Waals surface area contributed by atoms with Gasteiger partial charge < -0.3 is 4.90 Å². The molecule has 4 rings (SSSR count). The van der Waals surface area contributed by atoms with E-state index < -0.39 is 9.84 Å². The molecule has 2 saturated heterocycles. The molecule has 0 N–H and O–H groups in total. The molecule has 1 aromatic carbocycles. The molecule has 3 heterocycles. The van der Waals surface area contributed by atoms with Crippen molar-refractivity contribution in [3.8, 4) is 5.69 Å². The van der Waals surface area contributed by atoms with E-state index >= 15 is 0 Å². The molecule has 29 heavy (non-hydrogen) atoms. The molecule has 8 heteroatoms. The number of hydrogen-bond acceptors (Lipinski definition) is 5. The van der Waals surface area contributed by atoms with Crippen LogP contribution in [0.15, 0.2) is 30.3 Å². The number of rotatable bonds is 4. The van der Waals surface area contributed by atoms with Gasteiger partial charge in [0.15, 0.2) is 9.84 Å². The maximum absolute atomic E-state index is 12.9. The van der Waals surface area contributed by atoms with Gasteiger partial charge in [-0.05, 0) is 32.4 Å². The molecular formula is C21H28N4O3S. The highest BCUT2D eigenvalue weighted by Crippen LogP contribution is 2.21. The number of carbonyl (C=O) groups is 1. The molecule has 156 valence electrons. The normalized spacial score (nSPS) is 22.1. The number of carbonyl (C=O) groups excluding carboxylic acids is 1. The fraction of sp³-hybridized carbons (Fsp3) is 0.524. The average molecular weight is 417 g/mol. The first-order chi connectivity index (χ1) is 13.8. The fourth-order valence-electron chi connectivity index (χ4n) is 4.41. The third-order valence-corrected chi connectivity index (χ3v) is 7.91. The summed E-state index contributed by atoms with van der Waals surface area (Å²) < 4.78 is 25.4. The topological polar surface area (TPSA) is 75.5 Å². The third kappa shape index (κ3) is 4.23. The monoisotopic (exact) mass is 416 g/mol. The highest BCUT2D eigenvalue weighted by molar-refractivity contribution is 7.91. The summed E-state index contributed by atoms with van der Waals surface area (Å²) in [6, 6.07) is 10.1. The second kappa shape index (κ2) is 7.91. The molecule has 7 nitrogen and oxygen atoms in total. The Balaban J connectivity index is 1.39. The maximum atomic E-state index is 12.9. The second-order valence-corrected chi connectivity index (χ2v) is 10.3. The van der Waals surface area contributed by atoms with Crippen LogP contribution >= 0.6 is 0 Å². The molecular weight excluding hydrogens is 388 g/mol.